The van der Waals surface area contributed by atoms with Crippen LogP contribution >= 0.6 is 11.3 Å². The van der Waals surface area contributed by atoms with E-state index in [1.165, 1.54) is 4.88 Å². The summed E-state index contributed by atoms with van der Waals surface area (Å²) in [4.78, 5) is 18.3. The van der Waals surface area contributed by atoms with E-state index in [4.69, 9.17) is 14.5 Å². The number of nitrogens with one attached hydrogen (secondary N) is 1. The Bertz CT molecular complexity index is 1590. The van der Waals surface area contributed by atoms with Crippen molar-refractivity contribution in [3.63, 3.8) is 0 Å². The molecule has 2 aromatic carbocycles. The highest BCUT2D eigenvalue weighted by Gasteiger charge is 2.36. The summed E-state index contributed by atoms with van der Waals surface area (Å²) in [6.07, 6.45) is 0. The zero-order chi connectivity index (χ0) is 26.6. The molecule has 0 spiro atoms. The SMILES string of the molecule is Cc1sc2c(c1C)C(c1ccc(NCc3ccc4c(c3)OCO4)cc1)=N[C@@H](C(C)C(=O)O)c1nnc(C)n1-2. The lowest BCUT2D eigenvalue weighted by Crippen LogP contribution is -2.21. The Morgan fingerprint density at radius 2 is 1.89 bits per heavy atom. The number of carbonyl (C=O) groups is 1. The predicted octanol–water partition coefficient (Wildman–Crippen LogP) is 5.21. The summed E-state index contributed by atoms with van der Waals surface area (Å²) in [5.74, 6) is 1.10. The van der Waals surface area contributed by atoms with Gasteiger partial charge < -0.3 is 19.9 Å². The zero-order valence-electron chi connectivity index (χ0n) is 21.5. The number of fused-ring (bicyclic) bond motifs is 4. The molecule has 6 rings (SSSR count). The molecule has 4 aromatic rings. The maximum absolute atomic E-state index is 12.1. The second-order valence-corrected chi connectivity index (χ2v) is 10.8. The quantitative estimate of drug-likeness (QED) is 0.353. The van der Waals surface area contributed by atoms with E-state index in [9.17, 15) is 9.90 Å². The second-order valence-electron chi connectivity index (χ2n) is 9.57. The third kappa shape index (κ3) is 4.01. The predicted molar refractivity (Wildman–Crippen MR) is 145 cm³/mol. The summed E-state index contributed by atoms with van der Waals surface area (Å²) in [6, 6.07) is 13.3. The Kier molecular flexibility index (Phi) is 5.91. The Morgan fingerprint density at radius 3 is 2.66 bits per heavy atom. The van der Waals surface area contributed by atoms with E-state index in [1.54, 1.807) is 18.3 Å². The van der Waals surface area contributed by atoms with Crippen LogP contribution in [0.2, 0.25) is 0 Å². The molecule has 2 N–H and O–H groups in total. The maximum Gasteiger partial charge on any atom is 0.308 e. The average molecular weight is 530 g/mol. The van der Waals surface area contributed by atoms with Gasteiger partial charge in [0.15, 0.2) is 17.3 Å². The molecule has 0 aliphatic carbocycles. The molecule has 0 saturated carbocycles. The van der Waals surface area contributed by atoms with Crippen molar-refractivity contribution >= 4 is 28.7 Å². The molecule has 2 atom stereocenters. The van der Waals surface area contributed by atoms with Gasteiger partial charge in [-0.05, 0) is 63.1 Å². The van der Waals surface area contributed by atoms with Crippen LogP contribution in [0.5, 0.6) is 11.5 Å². The Hall–Kier alpha value is -4.18. The number of rotatable bonds is 6. The molecular formula is C28H27N5O4S. The van der Waals surface area contributed by atoms with Crippen molar-refractivity contribution in [2.45, 2.75) is 40.3 Å². The molecule has 0 bridgehead atoms. The highest BCUT2D eigenvalue weighted by Crippen LogP contribution is 2.40. The lowest BCUT2D eigenvalue weighted by atomic mass is 9.98. The first kappa shape index (κ1) is 24.2. The Morgan fingerprint density at radius 1 is 1.13 bits per heavy atom. The Balaban J connectivity index is 1.36. The van der Waals surface area contributed by atoms with Crippen molar-refractivity contribution in [1.82, 2.24) is 14.8 Å². The number of thiophene rings is 1. The maximum atomic E-state index is 12.1. The molecule has 0 fully saturated rings. The van der Waals surface area contributed by atoms with Crippen LogP contribution in [-0.4, -0.2) is 38.3 Å². The molecule has 38 heavy (non-hydrogen) atoms. The molecule has 1 unspecified atom stereocenters. The highest BCUT2D eigenvalue weighted by atomic mass is 32.1. The lowest BCUT2D eigenvalue weighted by Gasteiger charge is -2.16. The van der Waals surface area contributed by atoms with Gasteiger partial charge in [0.2, 0.25) is 6.79 Å². The van der Waals surface area contributed by atoms with Crippen molar-refractivity contribution < 1.29 is 19.4 Å². The van der Waals surface area contributed by atoms with Gasteiger partial charge in [-0.1, -0.05) is 18.2 Å². The molecule has 9 nitrogen and oxygen atoms in total. The van der Waals surface area contributed by atoms with Gasteiger partial charge >= 0.3 is 5.97 Å². The molecule has 194 valence electrons. The monoisotopic (exact) mass is 529 g/mol. The summed E-state index contributed by atoms with van der Waals surface area (Å²) >= 11 is 1.65. The van der Waals surface area contributed by atoms with Gasteiger partial charge in [0.05, 0.1) is 11.6 Å². The lowest BCUT2D eigenvalue weighted by molar-refractivity contribution is -0.141. The van der Waals surface area contributed by atoms with E-state index in [1.807, 2.05) is 54.0 Å². The molecule has 10 heteroatoms. The van der Waals surface area contributed by atoms with Gasteiger partial charge in [-0.15, -0.1) is 21.5 Å². The molecular weight excluding hydrogens is 502 g/mol. The molecule has 0 radical (unpaired) electrons. The normalized spacial score (nSPS) is 16.3. The number of anilines is 1. The van der Waals surface area contributed by atoms with E-state index in [0.717, 1.165) is 50.2 Å². The third-order valence-corrected chi connectivity index (χ3v) is 8.34. The number of hydrogen-bond acceptors (Lipinski definition) is 8. The van der Waals surface area contributed by atoms with Crippen LogP contribution in [-0.2, 0) is 11.3 Å². The van der Waals surface area contributed by atoms with Crippen molar-refractivity contribution in [1.29, 1.82) is 0 Å². The minimum Gasteiger partial charge on any atom is -0.481 e. The number of ether oxygens (including phenoxy) is 2. The number of nitrogens with zero attached hydrogens (tertiary/aromatic N) is 4. The summed E-state index contributed by atoms with van der Waals surface area (Å²) in [7, 11) is 0. The van der Waals surface area contributed by atoms with E-state index < -0.39 is 17.9 Å². The van der Waals surface area contributed by atoms with E-state index in [-0.39, 0.29) is 6.79 Å². The fourth-order valence-electron chi connectivity index (χ4n) is 4.82. The topological polar surface area (TPSA) is 111 Å². The van der Waals surface area contributed by atoms with Crippen molar-refractivity contribution in [2.24, 2.45) is 10.9 Å². The first-order chi connectivity index (χ1) is 18.3. The number of aromatic nitrogens is 3. The molecule has 4 heterocycles. The highest BCUT2D eigenvalue weighted by molar-refractivity contribution is 7.15. The van der Waals surface area contributed by atoms with Crippen molar-refractivity contribution in [2.75, 3.05) is 12.1 Å². The minimum absolute atomic E-state index is 0.256. The molecule has 2 aliphatic rings. The smallest absolute Gasteiger partial charge is 0.308 e. The first-order valence-electron chi connectivity index (χ1n) is 12.4. The summed E-state index contributed by atoms with van der Waals surface area (Å²) < 4.78 is 12.8. The van der Waals surface area contributed by atoms with Crippen LogP contribution in [0, 0.1) is 26.7 Å². The van der Waals surface area contributed by atoms with Crippen LogP contribution in [0.15, 0.2) is 47.5 Å². The van der Waals surface area contributed by atoms with Crippen LogP contribution < -0.4 is 14.8 Å². The summed E-state index contributed by atoms with van der Waals surface area (Å²) in [5, 5.41) is 23.0. The number of benzene rings is 2. The second kappa shape index (κ2) is 9.29. The Labute approximate surface area is 223 Å². The largest absolute Gasteiger partial charge is 0.481 e. The number of carboxylic acid groups (broad SMARTS) is 1. The number of carboxylic acids is 1. The fraction of sp³-hybridized carbons (Fsp3) is 0.286. The number of aliphatic imine (C=N–C) groups is 1. The summed E-state index contributed by atoms with van der Waals surface area (Å²) in [6.45, 7) is 8.62. The molecule has 0 saturated heterocycles. The van der Waals surface area contributed by atoms with Crippen molar-refractivity contribution in [3.05, 3.63) is 81.2 Å². The van der Waals surface area contributed by atoms with Gasteiger partial charge in [-0.2, -0.15) is 0 Å². The minimum atomic E-state index is -0.925. The van der Waals surface area contributed by atoms with E-state index in [2.05, 4.69) is 29.4 Å². The molecule has 2 aliphatic heterocycles. The average Bonchev–Trinajstić information content (AvgIpc) is 3.58. The first-order valence-corrected chi connectivity index (χ1v) is 13.2. The standard InChI is InChI=1S/C28H27N5O4S/c1-14-16(3)38-27-23(14)25(30-24(15(2)28(34)35)26-32-31-17(4)33(26)27)19-6-8-20(9-7-19)29-12-18-5-10-21-22(11-18)37-13-36-21/h5-11,15,24,29H,12-13H2,1-4H3,(H,34,35)/t15?,24-/m0/s1. The van der Waals surface area contributed by atoms with Gasteiger partial charge in [-0.25, -0.2) is 0 Å². The van der Waals surface area contributed by atoms with Crippen LogP contribution in [0.25, 0.3) is 5.00 Å². The molecule has 0 amide bonds. The van der Waals surface area contributed by atoms with Gasteiger partial charge in [0.25, 0.3) is 0 Å². The van der Waals surface area contributed by atoms with Crippen molar-refractivity contribution in [3.8, 4) is 16.5 Å². The van der Waals surface area contributed by atoms with Crippen LogP contribution in [0.3, 0.4) is 0 Å². The zero-order valence-corrected chi connectivity index (χ0v) is 22.3. The van der Waals surface area contributed by atoms with Gasteiger partial charge in [0, 0.05) is 28.2 Å². The van der Waals surface area contributed by atoms with E-state index in [0.29, 0.717) is 18.2 Å². The third-order valence-electron chi connectivity index (χ3n) is 7.14. The van der Waals surface area contributed by atoms with Gasteiger partial charge in [0.1, 0.15) is 16.9 Å². The molecule has 2 aromatic heterocycles. The number of hydrogen-bond donors (Lipinski definition) is 2. The fourth-order valence-corrected chi connectivity index (χ4v) is 6.03. The summed E-state index contributed by atoms with van der Waals surface area (Å²) in [5.41, 5.74) is 5.85. The van der Waals surface area contributed by atoms with E-state index >= 15 is 0 Å². The number of aryl methyl sites for hydroxylation is 2. The van der Waals surface area contributed by atoms with Crippen LogP contribution in [0.1, 0.15) is 51.7 Å². The van der Waals surface area contributed by atoms with Gasteiger partial charge in [-0.3, -0.25) is 14.4 Å². The number of aliphatic carboxylic acids is 1. The van der Waals surface area contributed by atoms with Crippen LogP contribution in [0.4, 0.5) is 5.69 Å².